The number of hydrogen-bond acceptors (Lipinski definition) is 7. The van der Waals surface area contributed by atoms with Gasteiger partial charge in [0, 0.05) is 12.6 Å². The van der Waals surface area contributed by atoms with Crippen LogP contribution in [0.15, 0.2) is 23.1 Å². The van der Waals surface area contributed by atoms with E-state index >= 15 is 0 Å². The summed E-state index contributed by atoms with van der Waals surface area (Å²) in [7, 11) is -3.99. The maximum atomic E-state index is 11.3. The lowest BCUT2D eigenvalue weighted by Gasteiger charge is -2.27. The molecule has 1 saturated heterocycles. The topological polar surface area (TPSA) is 134 Å². The molecule has 0 bridgehead atoms. The Morgan fingerprint density at radius 1 is 1.41 bits per heavy atom. The summed E-state index contributed by atoms with van der Waals surface area (Å²) < 4.78 is 33.4. The molecule has 0 spiro atoms. The Hall–Kier alpha value is -1.75. The van der Waals surface area contributed by atoms with Crippen LogP contribution in [0.2, 0.25) is 0 Å². The average Bonchev–Trinajstić information content (AvgIpc) is 2.45. The predicted octanol–water partition coefficient (Wildman–Crippen LogP) is 0.458. The van der Waals surface area contributed by atoms with E-state index in [4.69, 9.17) is 14.6 Å². The van der Waals surface area contributed by atoms with Gasteiger partial charge in [0.25, 0.3) is 5.69 Å². The van der Waals surface area contributed by atoms with E-state index in [9.17, 15) is 18.5 Å². The molecule has 1 aliphatic rings. The first-order valence-electron chi connectivity index (χ1n) is 6.55. The van der Waals surface area contributed by atoms with Gasteiger partial charge >= 0.3 is 0 Å². The quantitative estimate of drug-likeness (QED) is 0.591. The van der Waals surface area contributed by atoms with Gasteiger partial charge in [-0.2, -0.15) is 0 Å². The molecule has 9 nitrogen and oxygen atoms in total. The third kappa shape index (κ3) is 4.13. The van der Waals surface area contributed by atoms with Crippen molar-refractivity contribution >= 4 is 21.4 Å². The summed E-state index contributed by atoms with van der Waals surface area (Å²) in [6.45, 7) is 3.04. The fourth-order valence-electron chi connectivity index (χ4n) is 1.97. The Bertz CT molecular complexity index is 655. The average molecular weight is 331 g/mol. The van der Waals surface area contributed by atoms with Crippen LogP contribution in [0.5, 0.6) is 0 Å². The number of benzene rings is 1. The van der Waals surface area contributed by atoms with Crippen LogP contribution in [0, 0.1) is 10.1 Å². The van der Waals surface area contributed by atoms with Gasteiger partial charge in [0.05, 0.1) is 35.2 Å². The SMILES string of the molecule is C[C@H]1CO[C@@H](CNc2ccc(S(N)(=O)=O)cc2[N+](=O)[O-])CO1. The smallest absolute Gasteiger partial charge is 0.293 e. The second-order valence-corrected chi connectivity index (χ2v) is 6.52. The predicted molar refractivity (Wildman–Crippen MR) is 78.1 cm³/mol. The van der Waals surface area contributed by atoms with E-state index in [0.29, 0.717) is 19.8 Å². The van der Waals surface area contributed by atoms with Crippen molar-refractivity contribution in [2.75, 3.05) is 25.1 Å². The first-order chi connectivity index (χ1) is 10.3. The minimum absolute atomic E-state index is 0.0274. The van der Waals surface area contributed by atoms with Crippen molar-refractivity contribution in [3.05, 3.63) is 28.3 Å². The largest absolute Gasteiger partial charge is 0.377 e. The Balaban J connectivity index is 2.12. The van der Waals surface area contributed by atoms with Crippen molar-refractivity contribution in [1.82, 2.24) is 0 Å². The number of sulfonamides is 1. The van der Waals surface area contributed by atoms with E-state index in [1.807, 2.05) is 6.92 Å². The standard InChI is InChI=1S/C12H17N3O6S/c1-8-6-21-9(7-20-8)5-14-11-3-2-10(22(13,18)19)4-12(11)15(16)17/h2-4,8-9,14H,5-7H2,1H3,(H2,13,18,19)/t8-,9-/m0/s1. The summed E-state index contributed by atoms with van der Waals surface area (Å²) in [5.74, 6) is 0. The molecule has 3 N–H and O–H groups in total. The van der Waals surface area contributed by atoms with Gasteiger partial charge < -0.3 is 14.8 Å². The van der Waals surface area contributed by atoms with E-state index in [1.165, 1.54) is 12.1 Å². The number of rotatable bonds is 5. The van der Waals surface area contributed by atoms with E-state index in [1.54, 1.807) is 0 Å². The summed E-state index contributed by atoms with van der Waals surface area (Å²) >= 11 is 0. The van der Waals surface area contributed by atoms with E-state index in [0.717, 1.165) is 6.07 Å². The van der Waals surface area contributed by atoms with Crippen molar-refractivity contribution in [2.24, 2.45) is 5.14 Å². The second-order valence-electron chi connectivity index (χ2n) is 4.96. The molecule has 1 aliphatic heterocycles. The molecular weight excluding hydrogens is 314 g/mol. The van der Waals surface area contributed by atoms with E-state index < -0.39 is 14.9 Å². The van der Waals surface area contributed by atoms with Crippen LogP contribution in [0.1, 0.15) is 6.92 Å². The highest BCUT2D eigenvalue weighted by molar-refractivity contribution is 7.89. The maximum absolute atomic E-state index is 11.3. The van der Waals surface area contributed by atoms with Crippen LogP contribution in [-0.4, -0.2) is 45.3 Å². The fraction of sp³-hybridized carbons (Fsp3) is 0.500. The summed E-state index contributed by atoms with van der Waals surface area (Å²) in [6, 6.07) is 3.45. The zero-order chi connectivity index (χ0) is 16.3. The molecule has 0 unspecified atom stereocenters. The van der Waals surface area contributed by atoms with Gasteiger partial charge in [-0.25, -0.2) is 13.6 Å². The van der Waals surface area contributed by atoms with Crippen molar-refractivity contribution < 1.29 is 22.8 Å². The van der Waals surface area contributed by atoms with E-state index in [-0.39, 0.29) is 28.5 Å². The van der Waals surface area contributed by atoms with Crippen LogP contribution >= 0.6 is 0 Å². The molecular formula is C12H17N3O6S. The molecule has 0 saturated carbocycles. The zero-order valence-corrected chi connectivity index (χ0v) is 12.7. The first-order valence-corrected chi connectivity index (χ1v) is 8.10. The monoisotopic (exact) mass is 331 g/mol. The summed E-state index contributed by atoms with van der Waals surface area (Å²) in [6.07, 6.45) is -0.201. The number of ether oxygens (including phenoxy) is 2. The van der Waals surface area contributed by atoms with Crippen LogP contribution in [-0.2, 0) is 19.5 Å². The Kier molecular flexibility index (Phi) is 4.96. The lowest BCUT2D eigenvalue weighted by molar-refractivity contribution is -0.384. The van der Waals surface area contributed by atoms with Gasteiger partial charge in [-0.1, -0.05) is 0 Å². The van der Waals surface area contributed by atoms with Gasteiger partial charge in [-0.3, -0.25) is 10.1 Å². The number of nitrogens with two attached hydrogens (primary N) is 1. The molecule has 1 aromatic rings. The molecule has 1 fully saturated rings. The lowest BCUT2D eigenvalue weighted by atomic mass is 10.2. The van der Waals surface area contributed by atoms with Crippen LogP contribution in [0.3, 0.4) is 0 Å². The number of anilines is 1. The van der Waals surface area contributed by atoms with Gasteiger partial charge in [0.15, 0.2) is 0 Å². The van der Waals surface area contributed by atoms with Crippen molar-refractivity contribution in [1.29, 1.82) is 0 Å². The van der Waals surface area contributed by atoms with Crippen molar-refractivity contribution in [3.63, 3.8) is 0 Å². The highest BCUT2D eigenvalue weighted by atomic mass is 32.2. The Labute approximate surface area is 127 Å². The molecule has 2 atom stereocenters. The molecule has 22 heavy (non-hydrogen) atoms. The zero-order valence-electron chi connectivity index (χ0n) is 11.9. The number of hydrogen-bond donors (Lipinski definition) is 2. The van der Waals surface area contributed by atoms with Crippen molar-refractivity contribution in [3.8, 4) is 0 Å². The van der Waals surface area contributed by atoms with Gasteiger partial charge in [-0.15, -0.1) is 0 Å². The van der Waals surface area contributed by atoms with Crippen LogP contribution in [0.4, 0.5) is 11.4 Å². The summed E-state index contributed by atoms with van der Waals surface area (Å²) in [5.41, 5.74) is -0.170. The first kappa shape index (κ1) is 16.6. The Morgan fingerprint density at radius 2 is 2.14 bits per heavy atom. The highest BCUT2D eigenvalue weighted by Crippen LogP contribution is 2.27. The molecule has 122 valence electrons. The van der Waals surface area contributed by atoms with Crippen LogP contribution in [0.25, 0.3) is 0 Å². The number of nitro benzene ring substituents is 1. The summed E-state index contributed by atoms with van der Waals surface area (Å²) in [4.78, 5) is 10.1. The number of nitrogens with zero attached hydrogens (tertiary/aromatic N) is 1. The highest BCUT2D eigenvalue weighted by Gasteiger charge is 2.22. The maximum Gasteiger partial charge on any atom is 0.293 e. The number of primary sulfonamides is 1. The number of nitro groups is 1. The normalized spacial score (nSPS) is 22.3. The van der Waals surface area contributed by atoms with Gasteiger partial charge in [0.1, 0.15) is 5.69 Å². The minimum Gasteiger partial charge on any atom is -0.377 e. The third-order valence-corrected chi connectivity index (χ3v) is 4.06. The van der Waals surface area contributed by atoms with Crippen molar-refractivity contribution in [2.45, 2.75) is 24.0 Å². The second kappa shape index (κ2) is 6.57. The fourth-order valence-corrected chi connectivity index (χ4v) is 2.50. The number of nitrogens with one attached hydrogen (secondary N) is 1. The molecule has 2 rings (SSSR count). The van der Waals surface area contributed by atoms with E-state index in [2.05, 4.69) is 5.32 Å². The minimum atomic E-state index is -3.99. The molecule has 0 aliphatic carbocycles. The lowest BCUT2D eigenvalue weighted by Crippen LogP contribution is -2.38. The molecule has 1 heterocycles. The molecule has 0 amide bonds. The summed E-state index contributed by atoms with van der Waals surface area (Å²) in [5, 5.41) is 18.9. The molecule has 0 aromatic heterocycles. The van der Waals surface area contributed by atoms with Gasteiger partial charge in [0.2, 0.25) is 10.0 Å². The molecule has 0 radical (unpaired) electrons. The molecule has 10 heteroatoms. The van der Waals surface area contributed by atoms with Gasteiger partial charge in [-0.05, 0) is 19.1 Å². The van der Waals surface area contributed by atoms with Crippen LogP contribution < -0.4 is 10.5 Å². The third-order valence-electron chi connectivity index (χ3n) is 3.15. The Morgan fingerprint density at radius 3 is 2.68 bits per heavy atom. The molecule has 1 aromatic carbocycles.